The molecule has 0 aromatic heterocycles. The Balaban J connectivity index is 1.79. The highest BCUT2D eigenvalue weighted by atomic mass is 32.2. The van der Waals surface area contributed by atoms with Crippen molar-refractivity contribution in [1.82, 2.24) is 0 Å². The van der Waals surface area contributed by atoms with E-state index in [4.69, 9.17) is 9.29 Å². The molecule has 2 aliphatic heterocycles. The Morgan fingerprint density at radius 2 is 2.14 bits per heavy atom. The third-order valence-corrected chi connectivity index (χ3v) is 4.30. The fraction of sp³-hybridized carbons (Fsp3) is 0.727. The molecule has 0 aromatic carbocycles. The van der Waals surface area contributed by atoms with Gasteiger partial charge in [-0.25, -0.2) is 4.39 Å². The van der Waals surface area contributed by atoms with Gasteiger partial charge in [-0.1, -0.05) is 12.2 Å². The zero-order valence-corrected chi connectivity index (χ0v) is 11.4. The van der Waals surface area contributed by atoms with Crippen LogP contribution in [0.2, 0.25) is 0 Å². The normalized spacial score (nSPS) is 29.6. The van der Waals surface area contributed by atoms with Gasteiger partial charge in [-0.3, -0.25) is 9.35 Å². The van der Waals surface area contributed by atoms with Gasteiger partial charge in [0.25, 0.3) is 0 Å². The van der Waals surface area contributed by atoms with Crippen LogP contribution in [0.5, 0.6) is 0 Å². The summed E-state index contributed by atoms with van der Waals surface area (Å²) in [6.45, 7) is -0.720. The van der Waals surface area contributed by atoms with Crippen molar-refractivity contribution in [2.75, 3.05) is 6.61 Å². The zero-order chi connectivity index (χ0) is 15.8. The van der Waals surface area contributed by atoms with E-state index in [9.17, 15) is 26.4 Å². The lowest BCUT2D eigenvalue weighted by atomic mass is 9.95. The Morgan fingerprint density at radius 3 is 2.62 bits per heavy atom. The predicted molar refractivity (Wildman–Crippen MR) is 62.9 cm³/mol. The number of ether oxygens (including phenoxy) is 2. The number of carbonyl (C=O) groups excluding carboxylic acids is 1. The molecule has 4 atom stereocenters. The summed E-state index contributed by atoms with van der Waals surface area (Å²) in [5, 5.41) is -4.93. The quantitative estimate of drug-likeness (QED) is 0.445. The first-order valence-corrected chi connectivity index (χ1v) is 7.56. The van der Waals surface area contributed by atoms with E-state index < -0.39 is 52.6 Å². The van der Waals surface area contributed by atoms with Crippen molar-refractivity contribution in [3.05, 3.63) is 12.2 Å². The lowest BCUT2D eigenvalue weighted by Gasteiger charge is -2.18. The maximum absolute atomic E-state index is 13.1. The Bertz CT molecular complexity index is 546. The molecule has 0 radical (unpaired) electrons. The second kappa shape index (κ2) is 5.58. The molecule has 0 amide bonds. The number of hydrogen-bond acceptors (Lipinski definition) is 5. The van der Waals surface area contributed by atoms with Crippen molar-refractivity contribution in [3.8, 4) is 0 Å². The first kappa shape index (κ1) is 16.2. The minimum atomic E-state index is -5.85. The van der Waals surface area contributed by atoms with Crippen LogP contribution in [0, 0.1) is 5.92 Å². The van der Waals surface area contributed by atoms with Crippen LogP contribution in [0.15, 0.2) is 12.2 Å². The molecule has 2 aliphatic rings. The van der Waals surface area contributed by atoms with Crippen LogP contribution in [0.4, 0.5) is 13.2 Å². The lowest BCUT2D eigenvalue weighted by molar-refractivity contribution is -0.150. The van der Waals surface area contributed by atoms with Crippen molar-refractivity contribution in [2.24, 2.45) is 5.92 Å². The molecule has 0 aliphatic carbocycles. The van der Waals surface area contributed by atoms with E-state index in [1.54, 1.807) is 12.2 Å². The predicted octanol–water partition coefficient (Wildman–Crippen LogP) is 1.08. The van der Waals surface area contributed by atoms with Crippen molar-refractivity contribution in [3.63, 3.8) is 0 Å². The van der Waals surface area contributed by atoms with Crippen LogP contribution >= 0.6 is 0 Å². The first-order chi connectivity index (χ1) is 9.63. The molecule has 1 N–H and O–H groups in total. The van der Waals surface area contributed by atoms with Crippen molar-refractivity contribution in [1.29, 1.82) is 0 Å². The monoisotopic (exact) mass is 330 g/mol. The van der Waals surface area contributed by atoms with Crippen LogP contribution in [-0.2, 0) is 24.4 Å². The second-order valence-corrected chi connectivity index (χ2v) is 6.32. The molecule has 0 aromatic rings. The molecule has 120 valence electrons. The summed E-state index contributed by atoms with van der Waals surface area (Å²) in [4.78, 5) is 11.6. The van der Waals surface area contributed by atoms with E-state index in [1.807, 2.05) is 0 Å². The van der Waals surface area contributed by atoms with Gasteiger partial charge in [-0.05, 0) is 6.42 Å². The number of carbonyl (C=O) groups is 1. The highest BCUT2D eigenvalue weighted by molar-refractivity contribution is 7.86. The van der Waals surface area contributed by atoms with Crippen LogP contribution in [0.3, 0.4) is 0 Å². The minimum absolute atomic E-state index is 0.176. The van der Waals surface area contributed by atoms with Gasteiger partial charge >= 0.3 is 21.3 Å². The van der Waals surface area contributed by atoms with E-state index in [1.165, 1.54) is 0 Å². The van der Waals surface area contributed by atoms with Crippen LogP contribution < -0.4 is 0 Å². The van der Waals surface area contributed by atoms with Gasteiger partial charge in [0, 0.05) is 6.42 Å². The highest BCUT2D eigenvalue weighted by Crippen LogP contribution is 2.34. The number of fused-ring (bicyclic) bond motifs is 2. The molecule has 4 unspecified atom stereocenters. The third kappa shape index (κ3) is 3.22. The molecule has 10 heteroatoms. The molecule has 21 heavy (non-hydrogen) atoms. The van der Waals surface area contributed by atoms with Crippen molar-refractivity contribution >= 4 is 16.1 Å². The summed E-state index contributed by atoms with van der Waals surface area (Å²) in [7, 11) is -5.85. The van der Waals surface area contributed by atoms with Crippen molar-refractivity contribution < 1.29 is 40.4 Å². The summed E-state index contributed by atoms with van der Waals surface area (Å²) in [6, 6.07) is 0. The van der Waals surface area contributed by atoms with Gasteiger partial charge in [0.1, 0.15) is 0 Å². The lowest BCUT2D eigenvalue weighted by Crippen LogP contribution is -2.39. The molecule has 6 nitrogen and oxygen atoms in total. The topological polar surface area (TPSA) is 89.9 Å². The minimum Gasteiger partial charge on any atom is -0.465 e. The SMILES string of the molecule is O=C(OCCC(F)C(F)(F)S(=O)(=O)O)C1CC2C=CC1O2. The maximum Gasteiger partial charge on any atom is 0.400 e. The molecule has 2 bridgehead atoms. The summed E-state index contributed by atoms with van der Waals surface area (Å²) >= 11 is 0. The zero-order valence-electron chi connectivity index (χ0n) is 10.6. The molecular formula is C11H13F3O6S. The number of esters is 1. The molecule has 1 fully saturated rings. The Kier molecular flexibility index (Phi) is 4.31. The Hall–Kier alpha value is -1.13. The summed E-state index contributed by atoms with van der Waals surface area (Å²) in [5.41, 5.74) is 0. The van der Waals surface area contributed by atoms with E-state index in [-0.39, 0.29) is 6.10 Å². The second-order valence-electron chi connectivity index (χ2n) is 4.83. The average Bonchev–Trinajstić information content (AvgIpc) is 2.99. The fourth-order valence-corrected chi connectivity index (χ4v) is 2.64. The maximum atomic E-state index is 13.1. The highest BCUT2D eigenvalue weighted by Gasteiger charge is 2.52. The van der Waals surface area contributed by atoms with E-state index in [0.29, 0.717) is 6.42 Å². The molecule has 0 spiro atoms. The van der Waals surface area contributed by atoms with E-state index in [2.05, 4.69) is 4.74 Å². The molecule has 0 saturated carbocycles. The van der Waals surface area contributed by atoms with Gasteiger partial charge < -0.3 is 9.47 Å². The molecule has 2 heterocycles. The van der Waals surface area contributed by atoms with Crippen molar-refractivity contribution in [2.45, 2.75) is 36.5 Å². The fourth-order valence-electron chi connectivity index (χ4n) is 2.20. The third-order valence-electron chi connectivity index (χ3n) is 3.36. The van der Waals surface area contributed by atoms with Gasteiger partial charge in [-0.15, -0.1) is 0 Å². The molecule has 2 rings (SSSR count). The van der Waals surface area contributed by atoms with Gasteiger partial charge in [0.05, 0.1) is 24.7 Å². The average molecular weight is 330 g/mol. The van der Waals surface area contributed by atoms with E-state index in [0.717, 1.165) is 0 Å². The molecular weight excluding hydrogens is 317 g/mol. The number of halogens is 3. The van der Waals surface area contributed by atoms with Crippen LogP contribution in [-0.4, -0.2) is 49.2 Å². The van der Waals surface area contributed by atoms with Gasteiger partial charge in [0.2, 0.25) is 0 Å². The molecule has 1 saturated heterocycles. The van der Waals surface area contributed by atoms with Gasteiger partial charge in [0.15, 0.2) is 6.17 Å². The van der Waals surface area contributed by atoms with E-state index >= 15 is 0 Å². The smallest absolute Gasteiger partial charge is 0.400 e. The first-order valence-electron chi connectivity index (χ1n) is 6.12. The largest absolute Gasteiger partial charge is 0.465 e. The number of hydrogen-bond donors (Lipinski definition) is 1. The van der Waals surface area contributed by atoms with Gasteiger partial charge in [-0.2, -0.15) is 17.2 Å². The standard InChI is InChI=1S/C11H13F3O6S/c12-9(11(13,14)21(16,17)18)3-4-19-10(15)7-5-6-1-2-8(7)20-6/h1-2,6-9H,3-5H2,(H,16,17,18). The Labute approximate surface area is 118 Å². The Morgan fingerprint density at radius 1 is 1.48 bits per heavy atom. The van der Waals surface area contributed by atoms with Crippen LogP contribution in [0.1, 0.15) is 12.8 Å². The summed E-state index contributed by atoms with van der Waals surface area (Å²) in [5.74, 6) is -1.28. The number of rotatable bonds is 6. The number of alkyl halides is 3. The summed E-state index contributed by atoms with van der Waals surface area (Å²) in [6.07, 6.45) is -0.941. The summed E-state index contributed by atoms with van der Waals surface area (Å²) < 4.78 is 77.7. The van der Waals surface area contributed by atoms with Crippen LogP contribution in [0.25, 0.3) is 0 Å².